The highest BCUT2D eigenvalue weighted by molar-refractivity contribution is 6.27. The van der Waals surface area contributed by atoms with E-state index in [1.54, 1.807) is 30.0 Å². The van der Waals surface area contributed by atoms with E-state index in [0.29, 0.717) is 56.2 Å². The molecule has 13 heteroatoms. The molecule has 0 saturated carbocycles. The van der Waals surface area contributed by atoms with Crippen LogP contribution in [0.3, 0.4) is 0 Å². The molecular formula is C33H46ClN3O9. The zero-order valence-electron chi connectivity index (χ0n) is 27.0. The van der Waals surface area contributed by atoms with Gasteiger partial charge in [0.1, 0.15) is 29.0 Å². The fourth-order valence-corrected chi connectivity index (χ4v) is 4.90. The van der Waals surface area contributed by atoms with E-state index >= 15 is 0 Å². The van der Waals surface area contributed by atoms with E-state index in [-0.39, 0.29) is 61.7 Å². The summed E-state index contributed by atoms with van der Waals surface area (Å²) in [5, 5.41) is 7.18. The number of rotatable bonds is 13. The number of fused-ring (bicyclic) bond motifs is 1. The summed E-state index contributed by atoms with van der Waals surface area (Å²) in [7, 11) is 0. The van der Waals surface area contributed by atoms with Crippen molar-refractivity contribution in [1.82, 2.24) is 10.2 Å². The lowest BCUT2D eigenvalue weighted by molar-refractivity contribution is -0.137. The Morgan fingerprint density at radius 2 is 1.78 bits per heavy atom. The molecule has 2 aliphatic rings. The summed E-state index contributed by atoms with van der Waals surface area (Å²) in [6.45, 7) is 7.41. The van der Waals surface area contributed by atoms with E-state index in [2.05, 4.69) is 10.5 Å². The molecule has 1 aromatic carbocycles. The fraction of sp³-hybridized carbons (Fsp3) is 0.576. The van der Waals surface area contributed by atoms with Crippen LogP contribution in [0.2, 0.25) is 0 Å². The number of carbonyl (C=O) groups excluding carboxylic acids is 3. The van der Waals surface area contributed by atoms with Crippen molar-refractivity contribution >= 4 is 35.1 Å². The minimum atomic E-state index is -0.604. The summed E-state index contributed by atoms with van der Waals surface area (Å²) in [4.78, 5) is 45.9. The maximum absolute atomic E-state index is 13.7. The number of piperidine rings is 1. The Kier molecular flexibility index (Phi) is 16.4. The molecule has 0 spiro atoms. The van der Waals surface area contributed by atoms with Crippen LogP contribution in [0.25, 0.3) is 0 Å². The highest BCUT2D eigenvalue weighted by atomic mass is 35.5. The van der Waals surface area contributed by atoms with E-state index < -0.39 is 12.1 Å². The van der Waals surface area contributed by atoms with Gasteiger partial charge in [-0.3, -0.25) is 9.59 Å². The van der Waals surface area contributed by atoms with Gasteiger partial charge < -0.3 is 38.7 Å². The van der Waals surface area contributed by atoms with Crippen LogP contribution in [-0.4, -0.2) is 92.9 Å². The van der Waals surface area contributed by atoms with Crippen LogP contribution in [0.4, 0.5) is 0 Å². The first-order valence-corrected chi connectivity index (χ1v) is 16.3. The van der Waals surface area contributed by atoms with Gasteiger partial charge >= 0.3 is 5.97 Å². The topological polar surface area (TPSA) is 134 Å². The molecule has 0 unspecified atom stereocenters. The van der Waals surface area contributed by atoms with Crippen LogP contribution < -0.4 is 14.8 Å². The number of allylic oxidation sites excluding steroid dienone is 1. The number of ether oxygens (including phenoxy) is 5. The second kappa shape index (κ2) is 20.5. The maximum atomic E-state index is 13.7. The summed E-state index contributed by atoms with van der Waals surface area (Å²) < 4.78 is 28.3. The van der Waals surface area contributed by atoms with Gasteiger partial charge in [-0.05, 0) is 64.2 Å². The lowest BCUT2D eigenvalue weighted by atomic mass is 9.99. The minimum absolute atomic E-state index is 0.00795. The molecular weight excluding hydrogens is 618 g/mol. The lowest BCUT2D eigenvalue weighted by Gasteiger charge is -2.26. The van der Waals surface area contributed by atoms with Crippen molar-refractivity contribution < 1.29 is 42.9 Å². The van der Waals surface area contributed by atoms with Crippen molar-refractivity contribution in [3.63, 3.8) is 0 Å². The molecule has 3 rings (SSSR count). The smallest absolute Gasteiger partial charge is 0.342 e. The molecule has 12 nitrogen and oxygen atoms in total. The summed E-state index contributed by atoms with van der Waals surface area (Å²) in [6.07, 6.45) is 10.7. The second-order valence-electron chi connectivity index (χ2n) is 10.8. The zero-order valence-corrected chi connectivity index (χ0v) is 27.7. The highest BCUT2D eigenvalue weighted by Crippen LogP contribution is 2.32. The largest absolute Gasteiger partial charge is 0.467 e. The molecule has 46 heavy (non-hydrogen) atoms. The van der Waals surface area contributed by atoms with Crippen LogP contribution in [0.15, 0.2) is 41.6 Å². The van der Waals surface area contributed by atoms with Gasteiger partial charge in [-0.2, -0.15) is 0 Å². The van der Waals surface area contributed by atoms with Gasteiger partial charge in [-0.15, -0.1) is 11.6 Å². The molecule has 0 aromatic heterocycles. The highest BCUT2D eigenvalue weighted by Gasteiger charge is 2.25. The van der Waals surface area contributed by atoms with Crippen molar-refractivity contribution in [2.45, 2.75) is 71.4 Å². The molecule has 1 saturated heterocycles. The van der Waals surface area contributed by atoms with Gasteiger partial charge in [0, 0.05) is 45.2 Å². The first-order chi connectivity index (χ1) is 22.3. The number of alkyl halides is 1. The zero-order chi connectivity index (χ0) is 33.1. The first kappa shape index (κ1) is 36.9. The number of carbonyl (C=O) groups is 3. The van der Waals surface area contributed by atoms with Crippen molar-refractivity contribution in [3.05, 3.63) is 47.6 Å². The SMILES string of the molecule is CCOCOc1cc2c(c(OCOCC)c1)C(=O)O[C@H](C)C/C=C/[C@@H](NC(=O)CCl)C/C=C/C(=NOCC(=O)N1CCCCC1)C2. The van der Waals surface area contributed by atoms with Crippen LogP contribution in [-0.2, 0) is 35.1 Å². The summed E-state index contributed by atoms with van der Waals surface area (Å²) in [6, 6.07) is 2.93. The number of esters is 1. The molecule has 254 valence electrons. The quantitative estimate of drug-likeness (QED) is 0.0807. The Morgan fingerprint density at radius 3 is 2.50 bits per heavy atom. The Balaban J connectivity index is 2.02. The number of nitrogens with zero attached hydrogens (tertiary/aromatic N) is 2. The molecule has 1 N–H and O–H groups in total. The monoisotopic (exact) mass is 663 g/mol. The molecule has 2 amide bonds. The molecule has 2 heterocycles. The van der Waals surface area contributed by atoms with Gasteiger partial charge in [0.05, 0.1) is 11.8 Å². The number of cyclic esters (lactones) is 1. The molecule has 0 aliphatic carbocycles. The molecule has 0 bridgehead atoms. The van der Waals surface area contributed by atoms with Crippen LogP contribution >= 0.6 is 11.6 Å². The third-order valence-electron chi connectivity index (χ3n) is 7.14. The normalized spacial score (nSPS) is 21.3. The number of halogens is 1. The summed E-state index contributed by atoms with van der Waals surface area (Å²) in [5.41, 5.74) is 1.09. The van der Waals surface area contributed by atoms with Gasteiger partial charge in [-0.1, -0.05) is 23.4 Å². The summed E-state index contributed by atoms with van der Waals surface area (Å²) in [5.74, 6) is -0.618. The third kappa shape index (κ3) is 12.6. The lowest BCUT2D eigenvalue weighted by Crippen LogP contribution is -2.37. The first-order valence-electron chi connectivity index (χ1n) is 15.8. The molecule has 0 radical (unpaired) electrons. The van der Waals surface area contributed by atoms with Crippen LogP contribution in [0, 0.1) is 0 Å². The average molecular weight is 664 g/mol. The van der Waals surface area contributed by atoms with E-state index in [4.69, 9.17) is 40.1 Å². The minimum Gasteiger partial charge on any atom is -0.467 e. The van der Waals surface area contributed by atoms with E-state index in [0.717, 1.165) is 19.3 Å². The number of likely N-dealkylation sites (tertiary alicyclic amines) is 1. The Labute approximate surface area is 276 Å². The van der Waals surface area contributed by atoms with Crippen molar-refractivity contribution in [2.75, 3.05) is 52.4 Å². The van der Waals surface area contributed by atoms with Gasteiger partial charge in [0.25, 0.3) is 5.91 Å². The Bertz CT molecular complexity index is 1230. The van der Waals surface area contributed by atoms with Gasteiger partial charge in [-0.25, -0.2) is 4.79 Å². The molecule has 1 aromatic rings. The van der Waals surface area contributed by atoms with Crippen molar-refractivity contribution in [3.8, 4) is 11.5 Å². The Hall–Kier alpha value is -3.61. The molecule has 2 atom stereocenters. The van der Waals surface area contributed by atoms with E-state index in [9.17, 15) is 14.4 Å². The van der Waals surface area contributed by atoms with Crippen molar-refractivity contribution in [2.24, 2.45) is 5.16 Å². The van der Waals surface area contributed by atoms with Crippen LogP contribution in [0.5, 0.6) is 11.5 Å². The number of hydrogen-bond acceptors (Lipinski definition) is 10. The standard InChI is InChI=1S/C33H46ClN3O9/c1-4-41-22-43-28-18-25-17-27(36-45-21-31(39)37-15-7-6-8-16-37)14-10-13-26(35-30(38)20-34)12-9-11-24(3)46-33(40)32(25)29(19-28)44-23-42-5-2/h9-10,12,14,18-19,24,26H,4-8,11,13,15-17,20-23H2,1-3H3,(H,35,38)/b12-9+,14-10+,36-27?/t24-,26-/m1/s1. The predicted octanol–water partition coefficient (Wildman–Crippen LogP) is 4.53. The number of oxime groups is 1. The third-order valence-corrected chi connectivity index (χ3v) is 7.38. The van der Waals surface area contributed by atoms with Crippen LogP contribution in [0.1, 0.15) is 68.8 Å². The molecule has 2 aliphatic heterocycles. The number of benzene rings is 1. The van der Waals surface area contributed by atoms with Gasteiger partial charge in [0.15, 0.2) is 20.2 Å². The fourth-order valence-electron chi connectivity index (χ4n) is 4.82. The number of nitrogens with one attached hydrogen (secondary N) is 1. The van der Waals surface area contributed by atoms with Gasteiger partial charge in [0.2, 0.25) is 5.91 Å². The number of hydrogen-bond donors (Lipinski definition) is 1. The maximum Gasteiger partial charge on any atom is 0.342 e. The molecule has 1 fully saturated rings. The second-order valence-corrected chi connectivity index (χ2v) is 11.0. The Morgan fingerprint density at radius 1 is 1.04 bits per heavy atom. The predicted molar refractivity (Wildman–Crippen MR) is 173 cm³/mol. The van der Waals surface area contributed by atoms with E-state index in [1.807, 2.05) is 32.1 Å². The number of amides is 2. The van der Waals surface area contributed by atoms with Crippen molar-refractivity contribution in [1.29, 1.82) is 0 Å². The summed E-state index contributed by atoms with van der Waals surface area (Å²) >= 11 is 5.73. The van der Waals surface area contributed by atoms with E-state index in [1.165, 1.54) is 0 Å². The average Bonchev–Trinajstić information content (AvgIpc) is 3.04.